The van der Waals surface area contributed by atoms with Crippen molar-refractivity contribution in [3.63, 3.8) is 0 Å². The van der Waals surface area contributed by atoms with Gasteiger partial charge >= 0.3 is 0 Å². The zero-order valence-corrected chi connectivity index (χ0v) is 19.1. The Kier molecular flexibility index (Phi) is 4.49. The molecule has 35 heavy (non-hydrogen) atoms. The number of aromatic nitrogens is 1. The Morgan fingerprint density at radius 1 is 0.486 bits per heavy atom. The summed E-state index contributed by atoms with van der Waals surface area (Å²) in [6.45, 7) is 0. The number of benzene rings is 6. The topological polar surface area (TPSA) is 16.1 Å². The van der Waals surface area contributed by atoms with Crippen molar-refractivity contribution in [3.8, 4) is 11.1 Å². The molecule has 0 atom stereocenters. The van der Waals surface area contributed by atoms with E-state index in [2.05, 4.69) is 125 Å². The highest BCUT2D eigenvalue weighted by Crippen LogP contribution is 2.45. The molecule has 0 bridgehead atoms. The zero-order valence-electron chi connectivity index (χ0n) is 19.1. The summed E-state index contributed by atoms with van der Waals surface area (Å²) in [5.74, 6) is 0. The van der Waals surface area contributed by atoms with Crippen LogP contribution in [-0.4, -0.2) is 4.98 Å². The average Bonchev–Trinajstić information content (AvgIpc) is 2.93. The van der Waals surface area contributed by atoms with Crippen LogP contribution in [0, 0.1) is 0 Å². The lowest BCUT2D eigenvalue weighted by Crippen LogP contribution is -2.11. The van der Waals surface area contributed by atoms with Crippen LogP contribution in [0.2, 0.25) is 0 Å². The van der Waals surface area contributed by atoms with E-state index in [1.165, 1.54) is 43.4 Å². The zero-order chi connectivity index (χ0) is 23.2. The molecule has 1 aromatic heterocycles. The minimum atomic E-state index is 1.03. The fourth-order valence-electron chi connectivity index (χ4n) is 5.37. The maximum atomic E-state index is 4.43. The average molecular weight is 447 g/mol. The third kappa shape index (κ3) is 3.15. The fourth-order valence-corrected chi connectivity index (χ4v) is 5.37. The summed E-state index contributed by atoms with van der Waals surface area (Å²) in [6, 6.07) is 43.4. The van der Waals surface area contributed by atoms with E-state index in [1.807, 2.05) is 18.5 Å². The lowest BCUT2D eigenvalue weighted by molar-refractivity contribution is 1.23. The summed E-state index contributed by atoms with van der Waals surface area (Å²) in [7, 11) is 0. The molecule has 0 aliphatic heterocycles. The van der Waals surface area contributed by atoms with Gasteiger partial charge in [-0.2, -0.15) is 0 Å². The van der Waals surface area contributed by atoms with Crippen LogP contribution in [0.5, 0.6) is 0 Å². The smallest absolute Gasteiger partial charge is 0.0645 e. The highest BCUT2D eigenvalue weighted by molar-refractivity contribution is 6.26. The largest absolute Gasteiger partial charge is 0.308 e. The Labute approximate surface area is 204 Å². The molecule has 164 valence electrons. The first-order chi connectivity index (χ1) is 17.4. The monoisotopic (exact) mass is 446 g/mol. The molecule has 2 heteroatoms. The van der Waals surface area contributed by atoms with E-state index in [-0.39, 0.29) is 0 Å². The van der Waals surface area contributed by atoms with Crippen LogP contribution >= 0.6 is 0 Å². The molecule has 0 aliphatic carbocycles. The summed E-state index contributed by atoms with van der Waals surface area (Å²) in [5.41, 5.74) is 5.69. The number of nitrogens with zero attached hydrogens (tertiary/aromatic N) is 2. The number of hydrogen-bond acceptors (Lipinski definition) is 2. The van der Waals surface area contributed by atoms with Crippen molar-refractivity contribution in [2.24, 2.45) is 0 Å². The predicted molar refractivity (Wildman–Crippen MR) is 148 cm³/mol. The first kappa shape index (κ1) is 19.7. The SMILES string of the molecule is c1ccc(N(c2cccnc2)c2ccccc2-c2cc3cccc4ccc5cccc2c5c43)cc1. The highest BCUT2D eigenvalue weighted by atomic mass is 15.1. The molecule has 0 N–H and O–H groups in total. The predicted octanol–water partition coefficient (Wildman–Crippen LogP) is 9.12. The Morgan fingerprint density at radius 3 is 2.03 bits per heavy atom. The van der Waals surface area contributed by atoms with Gasteiger partial charge in [0.1, 0.15) is 0 Å². The van der Waals surface area contributed by atoms with E-state index in [9.17, 15) is 0 Å². The molecule has 0 spiro atoms. The summed E-state index contributed by atoms with van der Waals surface area (Å²) in [5, 5.41) is 7.78. The minimum absolute atomic E-state index is 1.03. The van der Waals surface area contributed by atoms with E-state index < -0.39 is 0 Å². The van der Waals surface area contributed by atoms with Gasteiger partial charge in [-0.15, -0.1) is 0 Å². The second-order valence-electron chi connectivity index (χ2n) is 8.87. The second-order valence-corrected chi connectivity index (χ2v) is 8.87. The molecule has 0 amide bonds. The number of para-hydroxylation sites is 2. The van der Waals surface area contributed by atoms with Crippen LogP contribution in [0.3, 0.4) is 0 Å². The summed E-state index contributed by atoms with van der Waals surface area (Å²) >= 11 is 0. The van der Waals surface area contributed by atoms with E-state index in [0.29, 0.717) is 0 Å². The summed E-state index contributed by atoms with van der Waals surface area (Å²) < 4.78 is 0. The van der Waals surface area contributed by atoms with Crippen molar-refractivity contribution >= 4 is 49.4 Å². The number of pyridine rings is 1. The standard InChI is InChI=1S/C33H22N2/c1-2-12-26(13-3-1)35(27-14-8-20-34-22-27)31-17-5-4-15-28(31)30-21-25-11-6-9-23-18-19-24-10-7-16-29(30)33(24)32(23)25/h1-22H. The molecular formula is C33H22N2. The minimum Gasteiger partial charge on any atom is -0.308 e. The molecule has 0 fully saturated rings. The van der Waals surface area contributed by atoms with Gasteiger partial charge in [-0.05, 0) is 74.3 Å². The molecule has 7 aromatic rings. The molecule has 0 radical (unpaired) electrons. The first-order valence-electron chi connectivity index (χ1n) is 11.9. The van der Waals surface area contributed by atoms with Crippen molar-refractivity contribution in [3.05, 3.63) is 134 Å². The third-order valence-electron chi connectivity index (χ3n) is 6.86. The second kappa shape index (κ2) is 7.96. The molecule has 2 nitrogen and oxygen atoms in total. The maximum Gasteiger partial charge on any atom is 0.0645 e. The normalized spacial score (nSPS) is 11.4. The van der Waals surface area contributed by atoms with Crippen molar-refractivity contribution in [1.29, 1.82) is 0 Å². The molecule has 0 aliphatic rings. The fraction of sp³-hybridized carbons (Fsp3) is 0. The van der Waals surface area contributed by atoms with E-state index >= 15 is 0 Å². The first-order valence-corrected chi connectivity index (χ1v) is 11.9. The van der Waals surface area contributed by atoms with Crippen LogP contribution in [0.1, 0.15) is 0 Å². The molecule has 6 aromatic carbocycles. The van der Waals surface area contributed by atoms with Crippen LogP contribution in [0.15, 0.2) is 134 Å². The van der Waals surface area contributed by atoms with Gasteiger partial charge in [-0.3, -0.25) is 4.98 Å². The van der Waals surface area contributed by atoms with E-state index in [0.717, 1.165) is 17.1 Å². The van der Waals surface area contributed by atoms with Gasteiger partial charge in [-0.1, -0.05) is 84.9 Å². The van der Waals surface area contributed by atoms with Gasteiger partial charge in [0.05, 0.1) is 17.6 Å². The number of anilines is 3. The Hall–Kier alpha value is -4.69. The maximum absolute atomic E-state index is 4.43. The summed E-state index contributed by atoms with van der Waals surface area (Å²) in [4.78, 5) is 6.73. The van der Waals surface area contributed by atoms with E-state index in [1.54, 1.807) is 0 Å². The van der Waals surface area contributed by atoms with Gasteiger partial charge in [-0.25, -0.2) is 0 Å². The Balaban J connectivity index is 1.57. The molecule has 0 saturated heterocycles. The van der Waals surface area contributed by atoms with Gasteiger partial charge in [0.25, 0.3) is 0 Å². The quantitative estimate of drug-likeness (QED) is 0.251. The number of rotatable bonds is 4. The Morgan fingerprint density at radius 2 is 1.20 bits per heavy atom. The molecule has 0 unspecified atom stereocenters. The van der Waals surface area contributed by atoms with Gasteiger partial charge in [0.15, 0.2) is 0 Å². The van der Waals surface area contributed by atoms with Crippen molar-refractivity contribution in [2.75, 3.05) is 4.90 Å². The lowest BCUT2D eigenvalue weighted by atomic mass is 9.88. The highest BCUT2D eigenvalue weighted by Gasteiger charge is 2.19. The summed E-state index contributed by atoms with van der Waals surface area (Å²) in [6.07, 6.45) is 3.75. The van der Waals surface area contributed by atoms with E-state index in [4.69, 9.17) is 0 Å². The Bertz CT molecular complexity index is 1750. The lowest BCUT2D eigenvalue weighted by Gasteiger charge is -2.28. The third-order valence-corrected chi connectivity index (χ3v) is 6.86. The molecular weight excluding hydrogens is 424 g/mol. The molecule has 0 saturated carbocycles. The van der Waals surface area contributed by atoms with Gasteiger partial charge < -0.3 is 4.90 Å². The van der Waals surface area contributed by atoms with Gasteiger partial charge in [0.2, 0.25) is 0 Å². The van der Waals surface area contributed by atoms with Crippen LogP contribution in [0.4, 0.5) is 17.1 Å². The van der Waals surface area contributed by atoms with Crippen molar-refractivity contribution < 1.29 is 0 Å². The van der Waals surface area contributed by atoms with Crippen LogP contribution in [0.25, 0.3) is 43.4 Å². The van der Waals surface area contributed by atoms with Crippen LogP contribution in [-0.2, 0) is 0 Å². The van der Waals surface area contributed by atoms with Crippen molar-refractivity contribution in [2.45, 2.75) is 0 Å². The van der Waals surface area contributed by atoms with Crippen LogP contribution < -0.4 is 4.90 Å². The van der Waals surface area contributed by atoms with Gasteiger partial charge in [0, 0.05) is 17.4 Å². The molecule has 7 rings (SSSR count). The number of hydrogen-bond donors (Lipinski definition) is 0. The van der Waals surface area contributed by atoms with Crippen molar-refractivity contribution in [1.82, 2.24) is 4.98 Å². The molecule has 1 heterocycles.